The lowest BCUT2D eigenvalue weighted by atomic mass is 10.2. The fourth-order valence-electron chi connectivity index (χ4n) is 1.23. The predicted molar refractivity (Wildman–Crippen MR) is 60.4 cm³/mol. The van der Waals surface area contributed by atoms with Crippen molar-refractivity contribution in [1.82, 2.24) is 9.97 Å². The Bertz CT molecular complexity index is 288. The van der Waals surface area contributed by atoms with Gasteiger partial charge in [-0.25, -0.2) is 9.97 Å². The van der Waals surface area contributed by atoms with Gasteiger partial charge in [0.1, 0.15) is 0 Å². The molecule has 2 unspecified atom stereocenters. The Labute approximate surface area is 89.5 Å². The number of aromatic nitrogens is 2. The minimum absolute atomic E-state index is 0.238. The first-order chi connectivity index (χ1) is 6.58. The summed E-state index contributed by atoms with van der Waals surface area (Å²) >= 11 is 1.68. The molecule has 0 amide bonds. The van der Waals surface area contributed by atoms with E-state index in [1.165, 1.54) is 0 Å². The molecule has 0 aliphatic rings. The third-order valence-corrected chi connectivity index (χ3v) is 2.79. The molecule has 0 fully saturated rings. The summed E-state index contributed by atoms with van der Waals surface area (Å²) in [4.78, 5) is 8.53. The van der Waals surface area contributed by atoms with Gasteiger partial charge in [-0.15, -0.1) is 0 Å². The van der Waals surface area contributed by atoms with Gasteiger partial charge in [-0.05, 0) is 26.3 Å². The van der Waals surface area contributed by atoms with E-state index in [0.29, 0.717) is 5.25 Å². The van der Waals surface area contributed by atoms with Crippen LogP contribution in [0.1, 0.15) is 26.0 Å². The number of nitrogens with two attached hydrogens (primary N) is 1. The van der Waals surface area contributed by atoms with Crippen molar-refractivity contribution in [1.29, 1.82) is 0 Å². The van der Waals surface area contributed by atoms with Crippen molar-refractivity contribution in [2.75, 3.05) is 0 Å². The molecule has 1 aromatic heterocycles. The Balaban J connectivity index is 2.51. The molecular weight excluding hydrogens is 194 g/mol. The van der Waals surface area contributed by atoms with Gasteiger partial charge < -0.3 is 5.73 Å². The zero-order chi connectivity index (χ0) is 10.6. The van der Waals surface area contributed by atoms with E-state index in [9.17, 15) is 0 Å². The van der Waals surface area contributed by atoms with E-state index in [1.807, 2.05) is 19.9 Å². The van der Waals surface area contributed by atoms with Crippen LogP contribution in [0.25, 0.3) is 0 Å². The van der Waals surface area contributed by atoms with Gasteiger partial charge in [0.05, 0.1) is 0 Å². The van der Waals surface area contributed by atoms with Crippen LogP contribution < -0.4 is 5.73 Å². The van der Waals surface area contributed by atoms with Gasteiger partial charge in [0.2, 0.25) is 0 Å². The van der Waals surface area contributed by atoms with E-state index in [1.54, 1.807) is 18.0 Å². The molecule has 1 aromatic rings. The first kappa shape index (κ1) is 11.5. The largest absolute Gasteiger partial charge is 0.328 e. The van der Waals surface area contributed by atoms with Crippen LogP contribution in [0.15, 0.2) is 17.4 Å². The van der Waals surface area contributed by atoms with Crippen LogP contribution in [-0.2, 0) is 0 Å². The third-order valence-electron chi connectivity index (χ3n) is 1.78. The van der Waals surface area contributed by atoms with Crippen LogP contribution in [0, 0.1) is 6.92 Å². The second-order valence-corrected chi connectivity index (χ2v) is 5.03. The predicted octanol–water partition coefficient (Wildman–Crippen LogP) is 2.00. The van der Waals surface area contributed by atoms with Gasteiger partial charge in [0.15, 0.2) is 5.16 Å². The molecule has 0 saturated heterocycles. The molecule has 2 N–H and O–H groups in total. The maximum Gasteiger partial charge on any atom is 0.187 e. The van der Waals surface area contributed by atoms with Crippen molar-refractivity contribution >= 4 is 11.8 Å². The fraction of sp³-hybridized carbons (Fsp3) is 0.600. The molecule has 1 heterocycles. The molecule has 2 atom stereocenters. The minimum Gasteiger partial charge on any atom is -0.328 e. The highest BCUT2D eigenvalue weighted by Gasteiger charge is 2.08. The molecule has 78 valence electrons. The molecule has 0 aliphatic carbocycles. The highest BCUT2D eigenvalue weighted by atomic mass is 32.2. The van der Waals surface area contributed by atoms with Crippen LogP contribution in [0.4, 0.5) is 0 Å². The number of aryl methyl sites for hydroxylation is 1. The normalized spacial score (nSPS) is 15.1. The molecule has 0 radical (unpaired) electrons. The number of hydrogen-bond donors (Lipinski definition) is 1. The van der Waals surface area contributed by atoms with Crippen LogP contribution >= 0.6 is 11.8 Å². The lowest BCUT2D eigenvalue weighted by Crippen LogP contribution is -2.19. The maximum atomic E-state index is 5.72. The second-order valence-electron chi connectivity index (χ2n) is 3.62. The van der Waals surface area contributed by atoms with Gasteiger partial charge in [-0.2, -0.15) is 0 Å². The number of hydrogen-bond acceptors (Lipinski definition) is 4. The minimum atomic E-state index is 0.238. The Morgan fingerprint density at radius 3 is 2.79 bits per heavy atom. The number of nitrogens with zero attached hydrogens (tertiary/aromatic N) is 2. The third kappa shape index (κ3) is 4.07. The number of rotatable bonds is 4. The van der Waals surface area contributed by atoms with Crippen molar-refractivity contribution in [2.45, 2.75) is 43.6 Å². The molecule has 0 aliphatic heterocycles. The van der Waals surface area contributed by atoms with E-state index in [-0.39, 0.29) is 6.04 Å². The van der Waals surface area contributed by atoms with E-state index >= 15 is 0 Å². The van der Waals surface area contributed by atoms with Crippen molar-refractivity contribution in [3.63, 3.8) is 0 Å². The molecule has 4 heteroatoms. The topological polar surface area (TPSA) is 51.8 Å². The second kappa shape index (κ2) is 5.32. The average Bonchev–Trinajstić information content (AvgIpc) is 2.01. The maximum absolute atomic E-state index is 5.72. The Morgan fingerprint density at radius 1 is 1.50 bits per heavy atom. The van der Waals surface area contributed by atoms with Crippen LogP contribution in [0.2, 0.25) is 0 Å². The monoisotopic (exact) mass is 211 g/mol. The summed E-state index contributed by atoms with van der Waals surface area (Å²) in [7, 11) is 0. The summed E-state index contributed by atoms with van der Waals surface area (Å²) < 4.78 is 0. The van der Waals surface area contributed by atoms with Gasteiger partial charge in [0, 0.05) is 23.2 Å². The number of thioether (sulfide) groups is 1. The van der Waals surface area contributed by atoms with Gasteiger partial charge >= 0.3 is 0 Å². The zero-order valence-electron chi connectivity index (χ0n) is 8.90. The molecule has 3 nitrogen and oxygen atoms in total. The summed E-state index contributed by atoms with van der Waals surface area (Å²) in [5.41, 5.74) is 6.73. The SMILES string of the molecule is Cc1ccnc(SC(C)CC(C)N)n1. The first-order valence-electron chi connectivity index (χ1n) is 4.80. The van der Waals surface area contributed by atoms with Crippen molar-refractivity contribution < 1.29 is 0 Å². The van der Waals surface area contributed by atoms with Crippen LogP contribution in [0.3, 0.4) is 0 Å². The van der Waals surface area contributed by atoms with E-state index in [2.05, 4.69) is 16.9 Å². The summed E-state index contributed by atoms with van der Waals surface area (Å²) in [6, 6.07) is 2.14. The molecule has 0 spiro atoms. The molecule has 1 rings (SSSR count). The van der Waals surface area contributed by atoms with Crippen molar-refractivity contribution in [3.05, 3.63) is 18.0 Å². The highest BCUT2D eigenvalue weighted by Crippen LogP contribution is 2.21. The Morgan fingerprint density at radius 2 is 2.21 bits per heavy atom. The summed E-state index contributed by atoms with van der Waals surface area (Å²) in [6.07, 6.45) is 2.78. The summed E-state index contributed by atoms with van der Waals surface area (Å²) in [5.74, 6) is 0. The molecular formula is C10H17N3S. The quantitative estimate of drug-likeness (QED) is 0.611. The highest BCUT2D eigenvalue weighted by molar-refractivity contribution is 7.99. The van der Waals surface area contributed by atoms with Crippen LogP contribution in [-0.4, -0.2) is 21.3 Å². The molecule has 0 saturated carbocycles. The molecule has 14 heavy (non-hydrogen) atoms. The van der Waals surface area contributed by atoms with Crippen molar-refractivity contribution in [2.24, 2.45) is 5.73 Å². The van der Waals surface area contributed by atoms with Gasteiger partial charge in [0.25, 0.3) is 0 Å². The van der Waals surface area contributed by atoms with E-state index in [0.717, 1.165) is 17.3 Å². The lowest BCUT2D eigenvalue weighted by molar-refractivity contribution is 0.661. The van der Waals surface area contributed by atoms with Gasteiger partial charge in [-0.3, -0.25) is 0 Å². The van der Waals surface area contributed by atoms with Gasteiger partial charge in [-0.1, -0.05) is 18.7 Å². The smallest absolute Gasteiger partial charge is 0.187 e. The lowest BCUT2D eigenvalue weighted by Gasteiger charge is -2.12. The standard InChI is InChI=1S/C10H17N3S/c1-7(11)6-9(3)14-10-12-5-4-8(2)13-10/h4-5,7,9H,6,11H2,1-3H3. The van der Waals surface area contributed by atoms with Crippen molar-refractivity contribution in [3.8, 4) is 0 Å². The molecule has 0 aromatic carbocycles. The zero-order valence-corrected chi connectivity index (χ0v) is 9.71. The fourth-order valence-corrected chi connectivity index (χ4v) is 2.31. The van der Waals surface area contributed by atoms with Crippen LogP contribution in [0.5, 0.6) is 0 Å². The summed E-state index contributed by atoms with van der Waals surface area (Å²) in [5, 5.41) is 1.31. The molecule has 0 bridgehead atoms. The van der Waals surface area contributed by atoms with E-state index < -0.39 is 0 Å². The average molecular weight is 211 g/mol. The Hall–Kier alpha value is -0.610. The Kier molecular flexibility index (Phi) is 4.35. The first-order valence-corrected chi connectivity index (χ1v) is 5.68. The van der Waals surface area contributed by atoms with E-state index in [4.69, 9.17) is 5.73 Å². The summed E-state index contributed by atoms with van der Waals surface area (Å²) in [6.45, 7) is 6.15.